The topological polar surface area (TPSA) is 66.8 Å². The zero-order chi connectivity index (χ0) is 15.5. The van der Waals surface area contributed by atoms with Gasteiger partial charge in [-0.3, -0.25) is 4.90 Å². The maximum Gasteiger partial charge on any atom is 0.209 e. The van der Waals surface area contributed by atoms with Gasteiger partial charge in [0.1, 0.15) is 11.4 Å². The van der Waals surface area contributed by atoms with Crippen LogP contribution in [0.4, 0.5) is 0 Å². The Hall–Kier alpha value is -2.10. The Morgan fingerprint density at radius 2 is 2.48 bits per heavy atom. The molecular formula is C14H17ClN4O2. The summed E-state index contributed by atoms with van der Waals surface area (Å²) < 4.78 is 4.94. The molecule has 0 amide bonds. The Bertz CT molecular complexity index is 511. The summed E-state index contributed by atoms with van der Waals surface area (Å²) in [6.45, 7) is 2.40. The first-order valence-corrected chi connectivity index (χ1v) is 6.64. The maximum absolute atomic E-state index is 10.1. The van der Waals surface area contributed by atoms with E-state index in [1.165, 1.54) is 7.11 Å². The van der Waals surface area contributed by atoms with E-state index in [9.17, 15) is 4.91 Å². The second-order valence-electron chi connectivity index (χ2n) is 4.13. The number of nitrogens with zero attached hydrogens (tertiary/aromatic N) is 3. The van der Waals surface area contributed by atoms with Gasteiger partial charge < -0.3 is 10.1 Å². The molecule has 21 heavy (non-hydrogen) atoms. The van der Waals surface area contributed by atoms with Crippen LogP contribution in [-0.2, 0) is 11.3 Å². The van der Waals surface area contributed by atoms with E-state index >= 15 is 0 Å². The van der Waals surface area contributed by atoms with Crippen molar-refractivity contribution in [3.05, 3.63) is 46.0 Å². The summed E-state index contributed by atoms with van der Waals surface area (Å²) in [5.74, 6) is 2.93. The zero-order valence-electron chi connectivity index (χ0n) is 11.8. The number of pyridine rings is 1. The molecule has 1 aromatic heterocycles. The Labute approximate surface area is 129 Å². The third kappa shape index (κ3) is 6.75. The highest BCUT2D eigenvalue weighted by atomic mass is 35.5. The van der Waals surface area contributed by atoms with Gasteiger partial charge in [-0.05, 0) is 16.8 Å². The normalized spacial score (nSPS) is 11.0. The number of methoxy groups -OCH3 is 1. The molecule has 1 heterocycles. The van der Waals surface area contributed by atoms with Gasteiger partial charge >= 0.3 is 0 Å². The fraction of sp³-hybridized carbons (Fsp3) is 0.357. The second kappa shape index (κ2) is 9.75. The fourth-order valence-electron chi connectivity index (χ4n) is 1.66. The van der Waals surface area contributed by atoms with Crippen molar-refractivity contribution in [3.63, 3.8) is 0 Å². The van der Waals surface area contributed by atoms with Crippen LogP contribution in [0.25, 0.3) is 0 Å². The van der Waals surface area contributed by atoms with Crippen molar-refractivity contribution in [2.45, 2.75) is 6.54 Å². The molecule has 0 spiro atoms. The molecule has 0 radical (unpaired) electrons. The molecule has 0 saturated carbocycles. The van der Waals surface area contributed by atoms with Gasteiger partial charge in [0.15, 0.2) is 0 Å². The molecule has 112 valence electrons. The van der Waals surface area contributed by atoms with E-state index in [1.807, 2.05) is 6.07 Å². The quantitative estimate of drug-likeness (QED) is 0.327. The molecule has 1 N–H and O–H groups in total. The highest BCUT2D eigenvalue weighted by Crippen LogP contribution is 2.07. The van der Waals surface area contributed by atoms with Gasteiger partial charge in [0.05, 0.1) is 13.7 Å². The van der Waals surface area contributed by atoms with Crippen molar-refractivity contribution in [1.29, 1.82) is 0 Å². The molecular weight excluding hydrogens is 292 g/mol. The molecule has 0 aliphatic carbocycles. The minimum absolute atomic E-state index is 0.318. The Balaban J connectivity index is 2.50. The standard InChI is InChI=1S/C14H17ClN4O2/c1-3-7-19(8-6-16-14(21-2)10-18-20)11-12-4-5-13(15)17-9-12/h1,4-5,9-10,16H,6-8,11H2,2H3/b14-10-. The highest BCUT2D eigenvalue weighted by molar-refractivity contribution is 6.29. The van der Waals surface area contributed by atoms with E-state index in [0.717, 1.165) is 11.8 Å². The number of nitroso groups, excluding NO2 is 1. The summed E-state index contributed by atoms with van der Waals surface area (Å²) in [5, 5.41) is 6.06. The van der Waals surface area contributed by atoms with Gasteiger partial charge in [0.2, 0.25) is 5.88 Å². The number of nitrogens with one attached hydrogen (secondary N) is 1. The van der Waals surface area contributed by atoms with Crippen LogP contribution < -0.4 is 5.32 Å². The molecule has 0 saturated heterocycles. The lowest BCUT2D eigenvalue weighted by molar-refractivity contribution is 0.245. The summed E-state index contributed by atoms with van der Waals surface area (Å²) in [6, 6.07) is 3.65. The van der Waals surface area contributed by atoms with E-state index in [4.69, 9.17) is 22.8 Å². The van der Waals surface area contributed by atoms with Crippen LogP contribution in [0.3, 0.4) is 0 Å². The molecule has 1 aromatic rings. The number of terminal acetylenes is 1. The number of hydrogen-bond donors (Lipinski definition) is 1. The van der Waals surface area contributed by atoms with Crippen LogP contribution in [0, 0.1) is 17.3 Å². The third-order valence-electron chi connectivity index (χ3n) is 2.63. The number of hydrogen-bond acceptors (Lipinski definition) is 6. The van der Waals surface area contributed by atoms with E-state index < -0.39 is 0 Å². The predicted molar refractivity (Wildman–Crippen MR) is 82.2 cm³/mol. The smallest absolute Gasteiger partial charge is 0.209 e. The summed E-state index contributed by atoms with van der Waals surface area (Å²) in [4.78, 5) is 16.2. The van der Waals surface area contributed by atoms with Gasteiger partial charge in [-0.2, -0.15) is 0 Å². The summed E-state index contributed by atoms with van der Waals surface area (Å²) in [5.41, 5.74) is 1.02. The first kappa shape index (κ1) is 17.0. The molecule has 0 bridgehead atoms. The SMILES string of the molecule is C#CCN(CCN/C(=C/N=O)OC)Cc1ccc(Cl)nc1. The first-order valence-electron chi connectivity index (χ1n) is 6.26. The average Bonchev–Trinajstić information content (AvgIpc) is 2.48. The van der Waals surface area contributed by atoms with Crippen LogP contribution >= 0.6 is 11.6 Å². The lowest BCUT2D eigenvalue weighted by Gasteiger charge is -2.20. The summed E-state index contributed by atoms with van der Waals surface area (Å²) >= 11 is 5.75. The Kier molecular flexibility index (Phi) is 7.87. The average molecular weight is 309 g/mol. The molecule has 0 aliphatic rings. The number of aromatic nitrogens is 1. The third-order valence-corrected chi connectivity index (χ3v) is 2.85. The summed E-state index contributed by atoms with van der Waals surface area (Å²) in [7, 11) is 1.46. The fourth-order valence-corrected chi connectivity index (χ4v) is 1.77. The Morgan fingerprint density at radius 3 is 3.05 bits per heavy atom. The zero-order valence-corrected chi connectivity index (χ0v) is 12.5. The van der Waals surface area contributed by atoms with Gasteiger partial charge in [0.25, 0.3) is 0 Å². The summed E-state index contributed by atoms with van der Waals surface area (Å²) in [6.07, 6.45) is 8.17. The molecule has 0 fully saturated rings. The van der Waals surface area contributed by atoms with Crippen LogP contribution in [0.15, 0.2) is 35.6 Å². The number of halogens is 1. The first-order chi connectivity index (χ1) is 10.2. The van der Waals surface area contributed by atoms with E-state index in [2.05, 4.69) is 26.3 Å². The molecule has 1 rings (SSSR count). The maximum atomic E-state index is 10.1. The second-order valence-corrected chi connectivity index (χ2v) is 4.52. The largest absolute Gasteiger partial charge is 0.481 e. The predicted octanol–water partition coefficient (Wildman–Crippen LogP) is 1.97. The van der Waals surface area contributed by atoms with Gasteiger partial charge in [0, 0.05) is 25.8 Å². The van der Waals surface area contributed by atoms with Crippen LogP contribution in [-0.4, -0.2) is 36.6 Å². The van der Waals surface area contributed by atoms with E-state index in [0.29, 0.717) is 37.2 Å². The van der Waals surface area contributed by atoms with Crippen molar-refractivity contribution in [1.82, 2.24) is 15.2 Å². The van der Waals surface area contributed by atoms with Crippen LogP contribution in [0.5, 0.6) is 0 Å². The van der Waals surface area contributed by atoms with Crippen LogP contribution in [0.1, 0.15) is 5.56 Å². The van der Waals surface area contributed by atoms with Crippen molar-refractivity contribution in [2.75, 3.05) is 26.7 Å². The van der Waals surface area contributed by atoms with Gasteiger partial charge in [-0.25, -0.2) is 4.98 Å². The highest BCUT2D eigenvalue weighted by Gasteiger charge is 2.06. The van der Waals surface area contributed by atoms with Crippen molar-refractivity contribution in [2.24, 2.45) is 5.18 Å². The van der Waals surface area contributed by atoms with Crippen LogP contribution in [0.2, 0.25) is 5.15 Å². The van der Waals surface area contributed by atoms with Crippen molar-refractivity contribution >= 4 is 11.6 Å². The molecule has 6 nitrogen and oxygen atoms in total. The minimum Gasteiger partial charge on any atom is -0.481 e. The van der Waals surface area contributed by atoms with E-state index in [-0.39, 0.29) is 0 Å². The molecule has 0 atom stereocenters. The Morgan fingerprint density at radius 1 is 1.67 bits per heavy atom. The molecule has 0 aromatic carbocycles. The van der Waals surface area contributed by atoms with Crippen molar-refractivity contribution < 1.29 is 4.74 Å². The molecule has 7 heteroatoms. The van der Waals surface area contributed by atoms with E-state index in [1.54, 1.807) is 12.3 Å². The van der Waals surface area contributed by atoms with Gasteiger partial charge in [-0.15, -0.1) is 11.3 Å². The molecule has 0 unspecified atom stereocenters. The minimum atomic E-state index is 0.318. The lowest BCUT2D eigenvalue weighted by Crippen LogP contribution is -2.32. The van der Waals surface area contributed by atoms with Gasteiger partial charge in [-0.1, -0.05) is 23.6 Å². The number of rotatable bonds is 9. The van der Waals surface area contributed by atoms with Crippen molar-refractivity contribution in [3.8, 4) is 12.3 Å². The lowest BCUT2D eigenvalue weighted by atomic mass is 10.2. The monoisotopic (exact) mass is 308 g/mol. The molecule has 0 aliphatic heterocycles. The number of ether oxygens (including phenoxy) is 1.